The van der Waals surface area contributed by atoms with Gasteiger partial charge >= 0.3 is 12.2 Å². The van der Waals surface area contributed by atoms with Gasteiger partial charge in [0.05, 0.1) is 14.2 Å². The molecule has 1 aliphatic rings. The number of rotatable bonds is 10. The molecule has 39 heavy (non-hydrogen) atoms. The molecule has 1 atom stereocenters. The van der Waals surface area contributed by atoms with Crippen molar-refractivity contribution >= 4 is 12.0 Å². The highest BCUT2D eigenvalue weighted by Gasteiger charge is 2.30. The Hall–Kier alpha value is -4.12. The summed E-state index contributed by atoms with van der Waals surface area (Å²) in [6, 6.07) is 16.0. The van der Waals surface area contributed by atoms with E-state index < -0.39 is 6.09 Å². The average Bonchev–Trinajstić information content (AvgIpc) is 3.41. The van der Waals surface area contributed by atoms with E-state index in [1.54, 1.807) is 18.2 Å². The van der Waals surface area contributed by atoms with Crippen LogP contribution >= 0.6 is 0 Å². The SMILES string of the molecule is COc1ccc(-c2noc(OC(=O)NCC(=O)NC3CCC(C(c4ccccc4)N(C)C)CC3)n2)cc1OC. The summed E-state index contributed by atoms with van der Waals surface area (Å²) in [5.74, 6) is 1.49. The minimum Gasteiger partial charge on any atom is -0.493 e. The third kappa shape index (κ3) is 7.26. The molecule has 1 saturated carbocycles. The Morgan fingerprint density at radius 1 is 1.03 bits per heavy atom. The molecule has 0 spiro atoms. The highest BCUT2D eigenvalue weighted by molar-refractivity contribution is 5.82. The molecular formula is C28H35N5O6. The maximum Gasteiger partial charge on any atom is 0.426 e. The molecule has 0 aliphatic heterocycles. The van der Waals surface area contributed by atoms with Crippen LogP contribution in [0.25, 0.3) is 11.4 Å². The number of hydrogen-bond donors (Lipinski definition) is 2. The van der Waals surface area contributed by atoms with Crippen molar-refractivity contribution in [1.29, 1.82) is 0 Å². The van der Waals surface area contributed by atoms with Gasteiger partial charge in [-0.3, -0.25) is 9.32 Å². The Labute approximate surface area is 227 Å². The molecule has 2 amide bonds. The predicted octanol–water partition coefficient (Wildman–Crippen LogP) is 3.82. The molecule has 3 aromatic rings. The number of aromatic nitrogens is 2. The van der Waals surface area contributed by atoms with Gasteiger partial charge in [0.15, 0.2) is 11.5 Å². The number of ether oxygens (including phenoxy) is 3. The van der Waals surface area contributed by atoms with Crippen molar-refractivity contribution in [2.75, 3.05) is 34.9 Å². The van der Waals surface area contributed by atoms with Crippen LogP contribution < -0.4 is 24.8 Å². The van der Waals surface area contributed by atoms with Gasteiger partial charge in [-0.2, -0.15) is 4.98 Å². The smallest absolute Gasteiger partial charge is 0.426 e. The van der Waals surface area contributed by atoms with E-state index in [0.29, 0.717) is 29.0 Å². The lowest BCUT2D eigenvalue weighted by Crippen LogP contribution is -2.44. The first-order chi connectivity index (χ1) is 18.9. The maximum absolute atomic E-state index is 12.5. The number of carbonyl (C=O) groups excluding carboxylic acids is 2. The van der Waals surface area contributed by atoms with Gasteiger partial charge in [-0.15, -0.1) is 0 Å². The molecular weight excluding hydrogens is 502 g/mol. The minimum atomic E-state index is -0.868. The Bertz CT molecular complexity index is 1240. The van der Waals surface area contributed by atoms with Crippen LogP contribution in [0, 0.1) is 5.92 Å². The van der Waals surface area contributed by atoms with Crippen LogP contribution in [-0.2, 0) is 4.79 Å². The van der Waals surface area contributed by atoms with Crippen molar-refractivity contribution in [2.45, 2.75) is 37.8 Å². The van der Waals surface area contributed by atoms with Gasteiger partial charge in [-0.05, 0) is 69.5 Å². The van der Waals surface area contributed by atoms with Crippen molar-refractivity contribution in [3.05, 3.63) is 54.1 Å². The Morgan fingerprint density at radius 2 is 1.74 bits per heavy atom. The summed E-state index contributed by atoms with van der Waals surface area (Å²) in [6.45, 7) is -0.222. The van der Waals surface area contributed by atoms with Crippen molar-refractivity contribution in [3.8, 4) is 29.0 Å². The molecule has 0 radical (unpaired) electrons. The summed E-state index contributed by atoms with van der Waals surface area (Å²) in [5.41, 5.74) is 1.90. The molecule has 1 heterocycles. The molecule has 1 aromatic heterocycles. The van der Waals surface area contributed by atoms with E-state index in [4.69, 9.17) is 18.7 Å². The van der Waals surface area contributed by atoms with Crippen LogP contribution in [0.15, 0.2) is 53.1 Å². The monoisotopic (exact) mass is 537 g/mol. The molecule has 2 N–H and O–H groups in total. The molecule has 11 heteroatoms. The van der Waals surface area contributed by atoms with Gasteiger partial charge in [-0.1, -0.05) is 35.5 Å². The van der Waals surface area contributed by atoms with E-state index in [-0.39, 0.29) is 30.4 Å². The summed E-state index contributed by atoms with van der Waals surface area (Å²) < 4.78 is 20.5. The summed E-state index contributed by atoms with van der Waals surface area (Å²) in [4.78, 5) is 31.0. The van der Waals surface area contributed by atoms with E-state index in [0.717, 1.165) is 25.7 Å². The lowest BCUT2D eigenvalue weighted by atomic mass is 9.78. The maximum atomic E-state index is 12.5. The molecule has 4 rings (SSSR count). The van der Waals surface area contributed by atoms with E-state index in [2.05, 4.69) is 64.0 Å². The number of benzene rings is 2. The largest absolute Gasteiger partial charge is 0.493 e. The number of hydrogen-bond acceptors (Lipinski definition) is 9. The quantitative estimate of drug-likeness (QED) is 0.397. The van der Waals surface area contributed by atoms with Gasteiger partial charge in [0.25, 0.3) is 0 Å². The number of carbonyl (C=O) groups is 2. The second kappa shape index (κ2) is 13.1. The second-order valence-electron chi connectivity index (χ2n) is 9.70. The van der Waals surface area contributed by atoms with Crippen molar-refractivity contribution in [3.63, 3.8) is 0 Å². The molecule has 1 unspecified atom stereocenters. The van der Waals surface area contributed by atoms with Crippen molar-refractivity contribution in [2.24, 2.45) is 5.92 Å². The Kier molecular flexibility index (Phi) is 9.37. The fourth-order valence-corrected chi connectivity index (χ4v) is 5.11. The standard InChI is InChI=1S/C28H35N5O6/c1-33(2)25(18-8-6-5-7-9-18)19-10-13-21(14-11-19)30-24(34)17-29-27(35)38-28-31-26(32-39-28)20-12-15-22(36-3)23(16-20)37-4/h5-9,12,15-16,19,21,25H,10-11,13-14,17H2,1-4H3,(H,29,35)(H,30,34). The summed E-state index contributed by atoms with van der Waals surface area (Å²) in [7, 11) is 7.28. The Morgan fingerprint density at radius 3 is 2.41 bits per heavy atom. The van der Waals surface area contributed by atoms with Gasteiger partial charge in [0.1, 0.15) is 6.54 Å². The average molecular weight is 538 g/mol. The van der Waals surface area contributed by atoms with Crippen LogP contribution in [0.1, 0.15) is 37.3 Å². The zero-order valence-electron chi connectivity index (χ0n) is 22.7. The van der Waals surface area contributed by atoms with Crippen molar-refractivity contribution < 1.29 is 28.3 Å². The fraction of sp³-hybridized carbons (Fsp3) is 0.429. The zero-order chi connectivity index (χ0) is 27.8. The van der Waals surface area contributed by atoms with E-state index >= 15 is 0 Å². The second-order valence-corrected chi connectivity index (χ2v) is 9.70. The number of nitrogens with zero attached hydrogens (tertiary/aromatic N) is 3. The first-order valence-corrected chi connectivity index (χ1v) is 12.9. The summed E-state index contributed by atoms with van der Waals surface area (Å²) >= 11 is 0. The molecule has 1 fully saturated rings. The third-order valence-corrected chi connectivity index (χ3v) is 6.90. The van der Waals surface area contributed by atoms with Crippen LogP contribution in [-0.4, -0.2) is 67.9 Å². The highest BCUT2D eigenvalue weighted by Crippen LogP contribution is 2.37. The van der Waals surface area contributed by atoms with E-state index in [9.17, 15) is 9.59 Å². The van der Waals surface area contributed by atoms with Crippen LogP contribution in [0.3, 0.4) is 0 Å². The lowest BCUT2D eigenvalue weighted by Gasteiger charge is -2.37. The first-order valence-electron chi connectivity index (χ1n) is 12.9. The van der Waals surface area contributed by atoms with Gasteiger partial charge in [-0.25, -0.2) is 4.79 Å². The number of amides is 2. The fourth-order valence-electron chi connectivity index (χ4n) is 5.11. The number of nitrogens with one attached hydrogen (secondary N) is 2. The lowest BCUT2D eigenvalue weighted by molar-refractivity contribution is -0.121. The molecule has 208 valence electrons. The normalized spacial score (nSPS) is 17.8. The minimum absolute atomic E-state index is 0.0742. The number of methoxy groups -OCH3 is 2. The van der Waals surface area contributed by atoms with Crippen LogP contribution in [0.4, 0.5) is 4.79 Å². The van der Waals surface area contributed by atoms with Crippen LogP contribution in [0.2, 0.25) is 0 Å². The van der Waals surface area contributed by atoms with E-state index in [1.165, 1.54) is 19.8 Å². The molecule has 2 aromatic carbocycles. The summed E-state index contributed by atoms with van der Waals surface area (Å²) in [5, 5.41) is 9.26. The van der Waals surface area contributed by atoms with Gasteiger partial charge in [0.2, 0.25) is 11.7 Å². The van der Waals surface area contributed by atoms with E-state index in [1.807, 2.05) is 6.07 Å². The van der Waals surface area contributed by atoms with Gasteiger partial charge in [0, 0.05) is 17.6 Å². The molecule has 1 aliphatic carbocycles. The third-order valence-electron chi connectivity index (χ3n) is 6.90. The highest BCUT2D eigenvalue weighted by atomic mass is 16.7. The molecule has 0 bridgehead atoms. The molecule has 0 saturated heterocycles. The molecule has 11 nitrogen and oxygen atoms in total. The summed E-state index contributed by atoms with van der Waals surface area (Å²) in [6.07, 6.45) is 2.59. The Balaban J connectivity index is 1.21. The van der Waals surface area contributed by atoms with Gasteiger partial charge < -0.3 is 29.7 Å². The topological polar surface area (TPSA) is 128 Å². The zero-order valence-corrected chi connectivity index (χ0v) is 22.7. The predicted molar refractivity (Wildman–Crippen MR) is 144 cm³/mol. The van der Waals surface area contributed by atoms with Crippen molar-refractivity contribution in [1.82, 2.24) is 25.7 Å². The van der Waals surface area contributed by atoms with Crippen LogP contribution in [0.5, 0.6) is 17.6 Å². The first kappa shape index (κ1) is 27.9.